The van der Waals surface area contributed by atoms with E-state index in [4.69, 9.17) is 5.73 Å². The van der Waals surface area contributed by atoms with Gasteiger partial charge in [0.15, 0.2) is 0 Å². The normalized spacial score (nSPS) is 10.8. The molecule has 0 atom stereocenters. The Morgan fingerprint density at radius 3 is 2.53 bits per heavy atom. The molecule has 0 fully saturated rings. The Kier molecular flexibility index (Phi) is 3.54. The molecule has 0 aliphatic heterocycles. The Bertz CT molecular complexity index is 485. The molecule has 90 valence electrons. The summed E-state index contributed by atoms with van der Waals surface area (Å²) < 4.78 is 1.88. The number of aromatic nitrogens is 3. The summed E-state index contributed by atoms with van der Waals surface area (Å²) in [5, 5.41) is 4.40. The highest BCUT2D eigenvalue weighted by Gasteiger charge is 2.08. The molecule has 0 amide bonds. The Morgan fingerprint density at radius 1 is 1.24 bits per heavy atom. The maximum atomic E-state index is 5.58. The Hall–Kier alpha value is -1.68. The van der Waals surface area contributed by atoms with Crippen LogP contribution >= 0.6 is 0 Å². The van der Waals surface area contributed by atoms with Gasteiger partial charge in [0, 0.05) is 6.42 Å². The molecule has 4 heteroatoms. The molecule has 2 rings (SSSR count). The van der Waals surface area contributed by atoms with Gasteiger partial charge in [-0.2, -0.15) is 5.10 Å². The summed E-state index contributed by atoms with van der Waals surface area (Å²) in [6.45, 7) is 4.64. The van der Waals surface area contributed by atoms with Crippen LogP contribution in [0.2, 0.25) is 0 Å². The molecule has 1 aromatic heterocycles. The standard InChI is InChI=1S/C13H18N4/c1-3-11-4-6-12(7-5-11)17-13(8-9-14)15-10(2)16-17/h4-7H,3,8-9,14H2,1-2H3. The van der Waals surface area contributed by atoms with Crippen LogP contribution in [0.5, 0.6) is 0 Å². The summed E-state index contributed by atoms with van der Waals surface area (Å²) in [6.07, 6.45) is 1.79. The molecule has 17 heavy (non-hydrogen) atoms. The Labute approximate surface area is 101 Å². The smallest absolute Gasteiger partial charge is 0.148 e. The minimum absolute atomic E-state index is 0.588. The van der Waals surface area contributed by atoms with E-state index in [9.17, 15) is 0 Å². The van der Waals surface area contributed by atoms with Crippen LogP contribution in [0.15, 0.2) is 24.3 Å². The van der Waals surface area contributed by atoms with Crippen LogP contribution in [0.4, 0.5) is 0 Å². The molecule has 0 unspecified atom stereocenters. The fraction of sp³-hybridized carbons (Fsp3) is 0.385. The molecule has 0 aliphatic rings. The van der Waals surface area contributed by atoms with Gasteiger partial charge in [-0.1, -0.05) is 19.1 Å². The summed E-state index contributed by atoms with van der Waals surface area (Å²) in [5.41, 5.74) is 7.95. The van der Waals surface area contributed by atoms with Gasteiger partial charge in [-0.3, -0.25) is 0 Å². The number of hydrogen-bond acceptors (Lipinski definition) is 3. The third-order valence-electron chi connectivity index (χ3n) is 2.74. The second-order valence-corrected chi connectivity index (χ2v) is 4.05. The number of benzene rings is 1. The molecule has 0 spiro atoms. The van der Waals surface area contributed by atoms with Gasteiger partial charge in [0.2, 0.25) is 0 Å². The molecule has 0 bridgehead atoms. The topological polar surface area (TPSA) is 56.7 Å². The Morgan fingerprint density at radius 2 is 1.94 bits per heavy atom. The quantitative estimate of drug-likeness (QED) is 0.868. The lowest BCUT2D eigenvalue weighted by atomic mass is 10.1. The van der Waals surface area contributed by atoms with Crippen molar-refractivity contribution in [2.24, 2.45) is 5.73 Å². The second-order valence-electron chi connectivity index (χ2n) is 4.05. The number of rotatable bonds is 4. The summed E-state index contributed by atoms with van der Waals surface area (Å²) in [7, 11) is 0. The zero-order valence-corrected chi connectivity index (χ0v) is 10.3. The number of hydrogen-bond donors (Lipinski definition) is 1. The molecular weight excluding hydrogens is 212 g/mol. The first-order valence-corrected chi connectivity index (χ1v) is 5.96. The van der Waals surface area contributed by atoms with Crippen molar-refractivity contribution in [3.63, 3.8) is 0 Å². The highest BCUT2D eigenvalue weighted by atomic mass is 15.3. The molecule has 0 radical (unpaired) electrons. The van der Waals surface area contributed by atoms with E-state index < -0.39 is 0 Å². The number of aryl methyl sites for hydroxylation is 2. The molecule has 2 aromatic rings. The zero-order chi connectivity index (χ0) is 12.3. The van der Waals surface area contributed by atoms with Gasteiger partial charge in [-0.05, 0) is 37.6 Å². The van der Waals surface area contributed by atoms with E-state index in [2.05, 4.69) is 41.3 Å². The lowest BCUT2D eigenvalue weighted by molar-refractivity contribution is 0.773. The minimum Gasteiger partial charge on any atom is -0.330 e. The molecule has 0 saturated carbocycles. The predicted molar refractivity (Wildman–Crippen MR) is 68.2 cm³/mol. The molecule has 0 aliphatic carbocycles. The van der Waals surface area contributed by atoms with E-state index in [0.717, 1.165) is 30.2 Å². The molecule has 2 N–H and O–H groups in total. The van der Waals surface area contributed by atoms with E-state index in [0.29, 0.717) is 6.54 Å². The van der Waals surface area contributed by atoms with Crippen molar-refractivity contribution in [3.05, 3.63) is 41.5 Å². The predicted octanol–water partition coefficient (Wildman–Crippen LogP) is 1.64. The first kappa shape index (κ1) is 11.8. The summed E-state index contributed by atoms with van der Waals surface area (Å²) >= 11 is 0. The van der Waals surface area contributed by atoms with Crippen molar-refractivity contribution in [2.75, 3.05) is 6.54 Å². The van der Waals surface area contributed by atoms with Crippen molar-refractivity contribution in [1.82, 2.24) is 14.8 Å². The zero-order valence-electron chi connectivity index (χ0n) is 10.3. The van der Waals surface area contributed by atoms with Crippen LogP contribution in [-0.4, -0.2) is 21.3 Å². The van der Waals surface area contributed by atoms with Gasteiger partial charge in [0.05, 0.1) is 5.69 Å². The van der Waals surface area contributed by atoms with E-state index in [1.165, 1.54) is 5.56 Å². The van der Waals surface area contributed by atoms with Crippen LogP contribution in [0.1, 0.15) is 24.1 Å². The fourth-order valence-corrected chi connectivity index (χ4v) is 1.83. The number of nitrogens with zero attached hydrogens (tertiary/aromatic N) is 3. The van der Waals surface area contributed by atoms with Crippen LogP contribution in [-0.2, 0) is 12.8 Å². The Balaban J connectivity index is 2.37. The first-order chi connectivity index (χ1) is 8.24. The summed E-state index contributed by atoms with van der Waals surface area (Å²) in [5.74, 6) is 1.71. The lowest BCUT2D eigenvalue weighted by Crippen LogP contribution is -2.09. The largest absolute Gasteiger partial charge is 0.330 e. The SMILES string of the molecule is CCc1ccc(-n2nc(C)nc2CCN)cc1. The van der Waals surface area contributed by atoms with Gasteiger partial charge in [-0.25, -0.2) is 9.67 Å². The monoisotopic (exact) mass is 230 g/mol. The minimum atomic E-state index is 0.588. The molecular formula is C13H18N4. The average molecular weight is 230 g/mol. The van der Waals surface area contributed by atoms with Gasteiger partial charge < -0.3 is 5.73 Å². The van der Waals surface area contributed by atoms with Gasteiger partial charge in [0.1, 0.15) is 11.6 Å². The maximum Gasteiger partial charge on any atom is 0.148 e. The van der Waals surface area contributed by atoms with Gasteiger partial charge in [-0.15, -0.1) is 0 Å². The van der Waals surface area contributed by atoms with Crippen molar-refractivity contribution in [1.29, 1.82) is 0 Å². The van der Waals surface area contributed by atoms with Crippen LogP contribution in [0.3, 0.4) is 0 Å². The van der Waals surface area contributed by atoms with Gasteiger partial charge in [0.25, 0.3) is 0 Å². The third kappa shape index (κ3) is 2.53. The average Bonchev–Trinajstić information content (AvgIpc) is 2.71. The van der Waals surface area contributed by atoms with Crippen molar-refractivity contribution in [3.8, 4) is 5.69 Å². The number of nitrogens with two attached hydrogens (primary N) is 1. The van der Waals surface area contributed by atoms with E-state index in [1.54, 1.807) is 0 Å². The fourth-order valence-electron chi connectivity index (χ4n) is 1.83. The van der Waals surface area contributed by atoms with Crippen LogP contribution < -0.4 is 5.73 Å². The molecule has 0 saturated heterocycles. The van der Waals surface area contributed by atoms with E-state index in [1.807, 2.05) is 11.6 Å². The molecule has 4 nitrogen and oxygen atoms in total. The van der Waals surface area contributed by atoms with E-state index >= 15 is 0 Å². The summed E-state index contributed by atoms with van der Waals surface area (Å²) in [6, 6.07) is 8.40. The third-order valence-corrected chi connectivity index (χ3v) is 2.74. The van der Waals surface area contributed by atoms with Crippen molar-refractivity contribution >= 4 is 0 Å². The van der Waals surface area contributed by atoms with Gasteiger partial charge >= 0.3 is 0 Å². The first-order valence-electron chi connectivity index (χ1n) is 5.96. The van der Waals surface area contributed by atoms with Crippen molar-refractivity contribution < 1.29 is 0 Å². The summed E-state index contributed by atoms with van der Waals surface area (Å²) in [4.78, 5) is 4.39. The maximum absolute atomic E-state index is 5.58. The van der Waals surface area contributed by atoms with Crippen LogP contribution in [0.25, 0.3) is 5.69 Å². The van der Waals surface area contributed by atoms with Crippen LogP contribution in [0, 0.1) is 6.92 Å². The molecule has 1 aromatic carbocycles. The second kappa shape index (κ2) is 5.10. The molecule has 1 heterocycles. The highest BCUT2D eigenvalue weighted by Crippen LogP contribution is 2.12. The van der Waals surface area contributed by atoms with E-state index in [-0.39, 0.29) is 0 Å². The lowest BCUT2D eigenvalue weighted by Gasteiger charge is -2.05. The highest BCUT2D eigenvalue weighted by molar-refractivity contribution is 5.34. The van der Waals surface area contributed by atoms with Crippen molar-refractivity contribution in [2.45, 2.75) is 26.7 Å².